The van der Waals surface area contributed by atoms with E-state index in [4.69, 9.17) is 4.74 Å². The molecule has 0 spiro atoms. The molecule has 0 aliphatic heterocycles. The molecular formula is C15H33NO. The summed E-state index contributed by atoms with van der Waals surface area (Å²) in [7, 11) is 0. The first-order valence-electron chi connectivity index (χ1n) is 7.59. The van der Waals surface area contributed by atoms with E-state index < -0.39 is 0 Å². The molecule has 2 heteroatoms. The third-order valence-corrected chi connectivity index (χ3v) is 3.18. The maximum absolute atomic E-state index is 5.93. The van der Waals surface area contributed by atoms with Crippen molar-refractivity contribution in [3.63, 3.8) is 0 Å². The van der Waals surface area contributed by atoms with E-state index in [-0.39, 0.29) is 0 Å². The van der Waals surface area contributed by atoms with E-state index in [0.717, 1.165) is 13.2 Å². The SMILES string of the molecule is CCCCCCC(C)OCC(CCC)NCC. The first kappa shape index (κ1) is 16.9. The second-order valence-corrected chi connectivity index (χ2v) is 5.04. The minimum atomic E-state index is 0.421. The lowest BCUT2D eigenvalue weighted by atomic mass is 10.1. The van der Waals surface area contributed by atoms with E-state index in [1.54, 1.807) is 0 Å². The molecule has 2 nitrogen and oxygen atoms in total. The van der Waals surface area contributed by atoms with Crippen molar-refractivity contribution in [3.8, 4) is 0 Å². The molecule has 1 N–H and O–H groups in total. The van der Waals surface area contributed by atoms with Crippen molar-refractivity contribution in [2.45, 2.75) is 84.8 Å². The molecule has 104 valence electrons. The molecule has 0 aromatic carbocycles. The molecule has 0 aromatic heterocycles. The summed E-state index contributed by atoms with van der Waals surface area (Å²) in [6.45, 7) is 10.8. The molecule has 0 saturated carbocycles. The van der Waals surface area contributed by atoms with Crippen molar-refractivity contribution in [1.82, 2.24) is 5.32 Å². The van der Waals surface area contributed by atoms with Crippen LogP contribution in [0.15, 0.2) is 0 Å². The highest BCUT2D eigenvalue weighted by molar-refractivity contribution is 4.65. The van der Waals surface area contributed by atoms with E-state index in [1.807, 2.05) is 0 Å². The van der Waals surface area contributed by atoms with Gasteiger partial charge in [0.05, 0.1) is 12.7 Å². The van der Waals surface area contributed by atoms with Crippen LogP contribution in [0, 0.1) is 0 Å². The molecule has 17 heavy (non-hydrogen) atoms. The van der Waals surface area contributed by atoms with Gasteiger partial charge in [-0.15, -0.1) is 0 Å². The Kier molecular flexibility index (Phi) is 12.3. The van der Waals surface area contributed by atoms with Gasteiger partial charge >= 0.3 is 0 Å². The Morgan fingerprint density at radius 3 is 2.29 bits per heavy atom. The monoisotopic (exact) mass is 243 g/mol. The molecule has 0 aliphatic carbocycles. The second kappa shape index (κ2) is 12.4. The van der Waals surface area contributed by atoms with Gasteiger partial charge in [-0.2, -0.15) is 0 Å². The lowest BCUT2D eigenvalue weighted by Gasteiger charge is -2.20. The summed E-state index contributed by atoms with van der Waals surface area (Å²) in [4.78, 5) is 0. The average Bonchev–Trinajstić information content (AvgIpc) is 2.32. The lowest BCUT2D eigenvalue weighted by Crippen LogP contribution is -2.34. The summed E-state index contributed by atoms with van der Waals surface area (Å²) in [5.74, 6) is 0. The summed E-state index contributed by atoms with van der Waals surface area (Å²) in [6, 6.07) is 0.545. The van der Waals surface area contributed by atoms with E-state index in [2.05, 4.69) is 33.0 Å². The fraction of sp³-hybridized carbons (Fsp3) is 1.00. The normalized spacial score (nSPS) is 14.8. The van der Waals surface area contributed by atoms with Gasteiger partial charge in [-0.25, -0.2) is 0 Å². The Morgan fingerprint density at radius 1 is 0.941 bits per heavy atom. The quantitative estimate of drug-likeness (QED) is 0.520. The fourth-order valence-electron chi connectivity index (χ4n) is 2.10. The zero-order valence-corrected chi connectivity index (χ0v) is 12.4. The molecule has 0 aromatic rings. The number of ether oxygens (including phenoxy) is 1. The molecule has 0 rings (SSSR count). The standard InChI is InChI=1S/C15H33NO/c1-5-8-9-10-12-14(4)17-13-15(11-6-2)16-7-3/h14-16H,5-13H2,1-4H3. The van der Waals surface area contributed by atoms with E-state index in [0.29, 0.717) is 12.1 Å². The zero-order valence-electron chi connectivity index (χ0n) is 12.4. The summed E-state index contributed by atoms with van der Waals surface area (Å²) in [5.41, 5.74) is 0. The first-order chi connectivity index (χ1) is 8.24. The smallest absolute Gasteiger partial charge is 0.0623 e. The minimum absolute atomic E-state index is 0.421. The van der Waals surface area contributed by atoms with Crippen LogP contribution in [-0.4, -0.2) is 25.3 Å². The van der Waals surface area contributed by atoms with Gasteiger partial charge in [-0.05, 0) is 26.3 Å². The molecule has 0 amide bonds. The van der Waals surface area contributed by atoms with Crippen LogP contribution in [0.5, 0.6) is 0 Å². The minimum Gasteiger partial charge on any atom is -0.377 e. The van der Waals surface area contributed by atoms with Crippen molar-refractivity contribution in [2.24, 2.45) is 0 Å². The van der Waals surface area contributed by atoms with Crippen LogP contribution in [0.3, 0.4) is 0 Å². The Morgan fingerprint density at radius 2 is 1.71 bits per heavy atom. The van der Waals surface area contributed by atoms with Gasteiger partial charge in [0, 0.05) is 6.04 Å². The van der Waals surface area contributed by atoms with Crippen LogP contribution in [0.4, 0.5) is 0 Å². The topological polar surface area (TPSA) is 21.3 Å². The van der Waals surface area contributed by atoms with E-state index in [1.165, 1.54) is 44.9 Å². The zero-order chi connectivity index (χ0) is 12.9. The van der Waals surface area contributed by atoms with Crippen LogP contribution in [0.2, 0.25) is 0 Å². The second-order valence-electron chi connectivity index (χ2n) is 5.04. The highest BCUT2D eigenvalue weighted by atomic mass is 16.5. The number of hydrogen-bond acceptors (Lipinski definition) is 2. The number of hydrogen-bond donors (Lipinski definition) is 1. The fourth-order valence-corrected chi connectivity index (χ4v) is 2.10. The van der Waals surface area contributed by atoms with Crippen molar-refractivity contribution < 1.29 is 4.74 Å². The summed E-state index contributed by atoms with van der Waals surface area (Å²) >= 11 is 0. The molecule has 0 aliphatic rings. The van der Waals surface area contributed by atoms with E-state index >= 15 is 0 Å². The van der Waals surface area contributed by atoms with Crippen molar-refractivity contribution in [3.05, 3.63) is 0 Å². The van der Waals surface area contributed by atoms with Crippen molar-refractivity contribution in [2.75, 3.05) is 13.2 Å². The van der Waals surface area contributed by atoms with Gasteiger partial charge in [0.1, 0.15) is 0 Å². The molecular weight excluding hydrogens is 210 g/mol. The van der Waals surface area contributed by atoms with Gasteiger partial charge in [0.15, 0.2) is 0 Å². The van der Waals surface area contributed by atoms with Crippen LogP contribution in [0.25, 0.3) is 0 Å². The predicted molar refractivity (Wildman–Crippen MR) is 76.5 cm³/mol. The van der Waals surface area contributed by atoms with Gasteiger partial charge in [-0.3, -0.25) is 0 Å². The number of nitrogens with one attached hydrogen (secondary N) is 1. The van der Waals surface area contributed by atoms with Crippen LogP contribution >= 0.6 is 0 Å². The molecule has 2 atom stereocenters. The first-order valence-corrected chi connectivity index (χ1v) is 7.59. The maximum Gasteiger partial charge on any atom is 0.0623 e. The molecule has 0 fully saturated rings. The van der Waals surface area contributed by atoms with Crippen LogP contribution < -0.4 is 5.32 Å². The van der Waals surface area contributed by atoms with Crippen molar-refractivity contribution in [1.29, 1.82) is 0 Å². The predicted octanol–water partition coefficient (Wildman–Crippen LogP) is 4.14. The number of likely N-dealkylation sites (N-methyl/N-ethyl adjacent to an activating group) is 1. The number of unbranched alkanes of at least 4 members (excludes halogenated alkanes) is 3. The van der Waals surface area contributed by atoms with Gasteiger partial charge in [0.25, 0.3) is 0 Å². The average molecular weight is 243 g/mol. The number of rotatable bonds is 12. The van der Waals surface area contributed by atoms with Crippen LogP contribution in [-0.2, 0) is 4.74 Å². The van der Waals surface area contributed by atoms with Gasteiger partial charge in [-0.1, -0.05) is 52.9 Å². The summed E-state index contributed by atoms with van der Waals surface area (Å²) in [6.07, 6.45) is 9.43. The highest BCUT2D eigenvalue weighted by Gasteiger charge is 2.09. The molecule has 0 saturated heterocycles. The highest BCUT2D eigenvalue weighted by Crippen LogP contribution is 2.09. The summed E-state index contributed by atoms with van der Waals surface area (Å²) < 4.78 is 5.93. The van der Waals surface area contributed by atoms with Crippen LogP contribution in [0.1, 0.15) is 72.6 Å². The third-order valence-electron chi connectivity index (χ3n) is 3.18. The molecule has 0 heterocycles. The Labute approximate surface area is 109 Å². The Hall–Kier alpha value is -0.0800. The lowest BCUT2D eigenvalue weighted by molar-refractivity contribution is 0.0417. The molecule has 0 bridgehead atoms. The van der Waals surface area contributed by atoms with E-state index in [9.17, 15) is 0 Å². The summed E-state index contributed by atoms with van der Waals surface area (Å²) in [5, 5.41) is 3.49. The largest absolute Gasteiger partial charge is 0.377 e. The molecule has 2 unspecified atom stereocenters. The van der Waals surface area contributed by atoms with Crippen molar-refractivity contribution >= 4 is 0 Å². The maximum atomic E-state index is 5.93. The molecule has 0 radical (unpaired) electrons. The Bertz CT molecular complexity index is 144. The van der Waals surface area contributed by atoms with Gasteiger partial charge in [0.2, 0.25) is 0 Å². The third kappa shape index (κ3) is 10.8. The Balaban J connectivity index is 3.53. The van der Waals surface area contributed by atoms with Gasteiger partial charge < -0.3 is 10.1 Å².